The Morgan fingerprint density at radius 1 is 1.00 bits per heavy atom. The van der Waals surface area contributed by atoms with Gasteiger partial charge in [-0.2, -0.15) is 22.6 Å². The standard InChI is InChI=1S/C27H28F3N3O3S/c1-17-6-12-20(13-7-17)37(35,36)32-14-4-5-21(32)25-24-22(15-26(2,3)16-23(24)34)33(31-25)19-10-8-18(9-11-19)27(28,29)30/h6-13,21H,4-5,14-16H2,1-3H3/t21-/m0/s1. The number of hydrogen-bond acceptors (Lipinski definition) is 4. The van der Waals surface area contributed by atoms with Crippen molar-refractivity contribution in [3.8, 4) is 5.69 Å². The maximum Gasteiger partial charge on any atom is 0.416 e. The molecule has 0 bridgehead atoms. The number of fused-ring (bicyclic) bond motifs is 1. The number of carbonyl (C=O) groups is 1. The molecule has 0 spiro atoms. The minimum atomic E-state index is -4.47. The molecular formula is C27H28F3N3O3S. The minimum absolute atomic E-state index is 0.126. The summed E-state index contributed by atoms with van der Waals surface area (Å²) in [7, 11) is -3.85. The van der Waals surface area contributed by atoms with E-state index in [0.717, 1.165) is 17.7 Å². The Bertz CT molecular complexity index is 1460. The molecule has 6 nitrogen and oxygen atoms in total. The van der Waals surface area contributed by atoms with Gasteiger partial charge in [-0.1, -0.05) is 31.5 Å². The molecule has 1 fully saturated rings. The Balaban J connectivity index is 1.63. The van der Waals surface area contributed by atoms with Gasteiger partial charge in [0.25, 0.3) is 0 Å². The van der Waals surface area contributed by atoms with E-state index in [4.69, 9.17) is 5.10 Å². The molecule has 0 amide bonds. The third-order valence-electron chi connectivity index (χ3n) is 7.16. The molecule has 2 aromatic carbocycles. The number of aryl methyl sites for hydroxylation is 1. The highest BCUT2D eigenvalue weighted by Gasteiger charge is 2.44. The Morgan fingerprint density at radius 2 is 1.65 bits per heavy atom. The second kappa shape index (κ2) is 8.80. The fraction of sp³-hybridized carbons (Fsp3) is 0.407. The molecule has 2 heterocycles. The van der Waals surface area contributed by atoms with E-state index in [0.29, 0.717) is 48.4 Å². The lowest BCUT2D eigenvalue weighted by Crippen LogP contribution is -2.33. The number of carbonyl (C=O) groups excluding carboxylic acids is 1. The fourth-order valence-electron chi connectivity index (χ4n) is 5.36. The van der Waals surface area contributed by atoms with Gasteiger partial charge >= 0.3 is 6.18 Å². The summed E-state index contributed by atoms with van der Waals surface area (Å²) in [5.74, 6) is -0.126. The van der Waals surface area contributed by atoms with E-state index < -0.39 is 27.8 Å². The van der Waals surface area contributed by atoms with Crippen LogP contribution in [0.4, 0.5) is 13.2 Å². The van der Waals surface area contributed by atoms with Crippen LogP contribution < -0.4 is 0 Å². The van der Waals surface area contributed by atoms with Crippen LogP contribution in [0.3, 0.4) is 0 Å². The third kappa shape index (κ3) is 4.61. The monoisotopic (exact) mass is 531 g/mol. The molecule has 10 heteroatoms. The number of ketones is 1. The van der Waals surface area contributed by atoms with E-state index in [1.165, 1.54) is 21.1 Å². The second-order valence-electron chi connectivity index (χ2n) is 10.7. The van der Waals surface area contributed by atoms with Crippen LogP contribution >= 0.6 is 0 Å². The number of benzene rings is 2. The average molecular weight is 532 g/mol. The summed E-state index contributed by atoms with van der Waals surface area (Å²) in [4.78, 5) is 13.6. The van der Waals surface area contributed by atoms with Crippen molar-refractivity contribution in [1.29, 1.82) is 0 Å². The summed E-state index contributed by atoms with van der Waals surface area (Å²) < 4.78 is 69.5. The normalized spacial score (nSPS) is 20.3. The van der Waals surface area contributed by atoms with Crippen LogP contribution in [-0.4, -0.2) is 34.8 Å². The van der Waals surface area contributed by atoms with Crippen LogP contribution in [0.15, 0.2) is 53.4 Å². The van der Waals surface area contributed by atoms with Crippen molar-refractivity contribution in [2.24, 2.45) is 5.41 Å². The van der Waals surface area contributed by atoms with Gasteiger partial charge in [0.2, 0.25) is 10.0 Å². The zero-order valence-corrected chi connectivity index (χ0v) is 21.7. The number of nitrogens with zero attached hydrogens (tertiary/aromatic N) is 3. The van der Waals surface area contributed by atoms with Gasteiger partial charge in [0, 0.05) is 13.0 Å². The van der Waals surface area contributed by atoms with E-state index in [1.807, 2.05) is 20.8 Å². The number of Topliss-reactive ketones (excluding diaryl/α,β-unsaturated/α-hetero) is 1. The molecule has 2 aliphatic rings. The zero-order valence-electron chi connectivity index (χ0n) is 20.8. The van der Waals surface area contributed by atoms with Crippen molar-refractivity contribution in [2.45, 2.75) is 63.6 Å². The van der Waals surface area contributed by atoms with Crippen molar-refractivity contribution in [1.82, 2.24) is 14.1 Å². The van der Waals surface area contributed by atoms with Gasteiger partial charge in [-0.05, 0) is 68.0 Å². The topological polar surface area (TPSA) is 72.3 Å². The van der Waals surface area contributed by atoms with Gasteiger partial charge in [0.1, 0.15) is 0 Å². The Morgan fingerprint density at radius 3 is 2.27 bits per heavy atom. The van der Waals surface area contributed by atoms with Gasteiger partial charge in [0.15, 0.2) is 5.78 Å². The number of hydrogen-bond donors (Lipinski definition) is 0. The van der Waals surface area contributed by atoms with Crippen LogP contribution in [0, 0.1) is 12.3 Å². The SMILES string of the molecule is Cc1ccc(S(=O)(=O)N2CCC[C@H]2c2nn(-c3ccc(C(F)(F)F)cc3)c3c2C(=O)CC(C)(C)C3)cc1. The summed E-state index contributed by atoms with van der Waals surface area (Å²) in [5.41, 5.74) is 1.57. The van der Waals surface area contributed by atoms with Gasteiger partial charge in [-0.15, -0.1) is 0 Å². The highest BCUT2D eigenvalue weighted by molar-refractivity contribution is 7.89. The molecule has 0 saturated carbocycles. The minimum Gasteiger partial charge on any atom is -0.294 e. The smallest absolute Gasteiger partial charge is 0.294 e. The summed E-state index contributed by atoms with van der Waals surface area (Å²) in [6.07, 6.45) is -2.60. The molecule has 3 aromatic rings. The molecule has 1 atom stereocenters. The molecule has 1 aliphatic heterocycles. The molecule has 0 radical (unpaired) electrons. The maximum absolute atomic E-state index is 13.6. The van der Waals surface area contributed by atoms with Crippen LogP contribution in [0.1, 0.15) is 72.0 Å². The first-order valence-electron chi connectivity index (χ1n) is 12.2. The first kappa shape index (κ1) is 25.7. The molecule has 1 saturated heterocycles. The summed E-state index contributed by atoms with van der Waals surface area (Å²) in [6.45, 7) is 6.09. The van der Waals surface area contributed by atoms with Gasteiger partial charge in [-0.25, -0.2) is 13.1 Å². The number of sulfonamides is 1. The summed E-state index contributed by atoms with van der Waals surface area (Å²) in [6, 6.07) is 10.6. The van der Waals surface area contributed by atoms with Crippen LogP contribution in [-0.2, 0) is 22.6 Å². The van der Waals surface area contributed by atoms with E-state index in [9.17, 15) is 26.4 Å². The van der Waals surface area contributed by atoms with Crippen molar-refractivity contribution in [3.05, 3.63) is 76.6 Å². The van der Waals surface area contributed by atoms with E-state index in [2.05, 4.69) is 0 Å². The van der Waals surface area contributed by atoms with E-state index in [-0.39, 0.29) is 22.5 Å². The summed E-state index contributed by atoms with van der Waals surface area (Å²) in [5, 5.41) is 4.73. The van der Waals surface area contributed by atoms with Crippen molar-refractivity contribution in [2.75, 3.05) is 6.54 Å². The average Bonchev–Trinajstić information content (AvgIpc) is 3.43. The number of alkyl halides is 3. The van der Waals surface area contributed by atoms with Crippen LogP contribution in [0.25, 0.3) is 5.69 Å². The largest absolute Gasteiger partial charge is 0.416 e. The zero-order chi connectivity index (χ0) is 26.8. The number of halogens is 3. The molecule has 37 heavy (non-hydrogen) atoms. The van der Waals surface area contributed by atoms with Crippen LogP contribution in [0.2, 0.25) is 0 Å². The lowest BCUT2D eigenvalue weighted by molar-refractivity contribution is -0.137. The number of aromatic nitrogens is 2. The van der Waals surface area contributed by atoms with E-state index >= 15 is 0 Å². The fourth-order valence-corrected chi connectivity index (χ4v) is 7.02. The first-order chi connectivity index (χ1) is 17.3. The number of rotatable bonds is 4. The summed E-state index contributed by atoms with van der Waals surface area (Å²) >= 11 is 0. The van der Waals surface area contributed by atoms with E-state index in [1.54, 1.807) is 24.3 Å². The quantitative estimate of drug-likeness (QED) is 0.422. The highest BCUT2D eigenvalue weighted by Crippen LogP contribution is 2.43. The molecule has 5 rings (SSSR count). The maximum atomic E-state index is 13.6. The molecule has 0 N–H and O–H groups in total. The first-order valence-corrected chi connectivity index (χ1v) is 13.6. The lowest BCUT2D eigenvalue weighted by Gasteiger charge is -2.30. The van der Waals surface area contributed by atoms with Gasteiger partial charge in [0.05, 0.1) is 39.1 Å². The van der Waals surface area contributed by atoms with Crippen molar-refractivity contribution < 1.29 is 26.4 Å². The van der Waals surface area contributed by atoms with Gasteiger partial charge < -0.3 is 0 Å². The Hall–Kier alpha value is -2.98. The predicted octanol–water partition coefficient (Wildman–Crippen LogP) is 5.88. The molecule has 0 unspecified atom stereocenters. The highest BCUT2D eigenvalue weighted by atomic mass is 32.2. The van der Waals surface area contributed by atoms with Crippen molar-refractivity contribution in [3.63, 3.8) is 0 Å². The molecule has 196 valence electrons. The molecule has 1 aliphatic carbocycles. The predicted molar refractivity (Wildman–Crippen MR) is 132 cm³/mol. The van der Waals surface area contributed by atoms with Gasteiger partial charge in [-0.3, -0.25) is 4.79 Å². The Labute approximate surface area is 214 Å². The third-order valence-corrected chi connectivity index (χ3v) is 9.08. The van der Waals surface area contributed by atoms with Crippen LogP contribution in [0.5, 0.6) is 0 Å². The molecular weight excluding hydrogens is 503 g/mol. The molecule has 1 aromatic heterocycles. The second-order valence-corrected chi connectivity index (χ2v) is 12.6. The van der Waals surface area contributed by atoms with Crippen molar-refractivity contribution >= 4 is 15.8 Å². The Kier molecular flexibility index (Phi) is 6.10. The lowest BCUT2D eigenvalue weighted by atomic mass is 9.75.